The van der Waals surface area contributed by atoms with Crippen LogP contribution >= 0.6 is 30.1 Å². The molecule has 0 aliphatic carbocycles. The van der Waals surface area contributed by atoms with Crippen LogP contribution in [0.25, 0.3) is 0 Å². The molecule has 0 saturated carbocycles. The third-order valence-corrected chi connectivity index (χ3v) is 3.74. The number of halogens is 1. The van der Waals surface area contributed by atoms with E-state index in [0.29, 0.717) is 0 Å². The van der Waals surface area contributed by atoms with Crippen molar-refractivity contribution in [1.82, 2.24) is 5.32 Å². The normalized spacial score (nSPS) is 14.3. The molecular weight excluding hydrogens is 273 g/mol. The van der Waals surface area contributed by atoms with Crippen LogP contribution in [-0.2, 0) is 4.79 Å². The van der Waals surface area contributed by atoms with E-state index in [1.165, 1.54) is 0 Å². The topological polar surface area (TPSA) is 29.1 Å². The van der Waals surface area contributed by atoms with E-state index in [4.69, 9.17) is 0 Å². The van der Waals surface area contributed by atoms with E-state index in [-0.39, 0.29) is 16.7 Å². The van der Waals surface area contributed by atoms with Gasteiger partial charge in [0.05, 0.1) is 5.37 Å². The number of nitrogens with one attached hydrogen (secondary N) is 1. The molecule has 0 saturated heterocycles. The summed E-state index contributed by atoms with van der Waals surface area (Å²) in [5.74, 6) is 0.0362. The smallest absolute Gasteiger partial charge is 0.217 e. The van der Waals surface area contributed by atoms with Gasteiger partial charge in [-0.3, -0.25) is 4.79 Å². The van der Waals surface area contributed by atoms with Crippen LogP contribution in [0.15, 0.2) is 0 Å². The summed E-state index contributed by atoms with van der Waals surface area (Å²) in [6, 6.07) is 0. The molecule has 1 amide bonds. The number of carbonyl (C=O) groups excluding carboxylic acids is 1. The summed E-state index contributed by atoms with van der Waals surface area (Å²) >= 11 is 2.21. The van der Waals surface area contributed by atoms with Crippen molar-refractivity contribution in [3.8, 4) is 0 Å². The first-order valence-electron chi connectivity index (χ1n) is 3.42. The van der Waals surface area contributed by atoms with Gasteiger partial charge in [0.1, 0.15) is 0 Å². The van der Waals surface area contributed by atoms with Crippen LogP contribution in [0.3, 0.4) is 0 Å². The Morgan fingerprint density at radius 2 is 2.00 bits per heavy atom. The quantitative estimate of drug-likeness (QED) is 0.625. The largest absolute Gasteiger partial charge is 0.343 e. The minimum absolute atomic E-state index is 0.0362. The van der Waals surface area contributed by atoms with Crippen LogP contribution in [0.2, 0.25) is 0 Å². The van der Waals surface area contributed by atoms with Crippen LogP contribution in [0.5, 0.6) is 0 Å². The molecular formula is C7H14INOS. The lowest BCUT2D eigenvalue weighted by Crippen LogP contribution is -2.39. The monoisotopic (exact) mass is 287 g/mol. The van der Waals surface area contributed by atoms with E-state index in [9.17, 15) is 4.79 Å². The van der Waals surface area contributed by atoms with Gasteiger partial charge in [-0.25, -0.2) is 0 Å². The van der Waals surface area contributed by atoms with E-state index in [1.54, 1.807) is 15.9 Å². The minimum Gasteiger partial charge on any atom is -0.343 e. The molecule has 66 valence electrons. The summed E-state index contributed by atoms with van der Waals surface area (Å²) < 4.78 is 0. The molecule has 1 atom stereocenters. The van der Waals surface area contributed by atoms with Crippen molar-refractivity contribution in [3.63, 3.8) is 0 Å². The molecule has 0 spiro atoms. The van der Waals surface area contributed by atoms with Gasteiger partial charge in [0, 0.05) is 6.92 Å². The maximum Gasteiger partial charge on any atom is 0.217 e. The van der Waals surface area contributed by atoms with Gasteiger partial charge in [0.2, 0.25) is 5.91 Å². The van der Waals surface area contributed by atoms with Crippen molar-refractivity contribution < 1.29 is 4.79 Å². The predicted octanol–water partition coefficient (Wildman–Crippen LogP) is 2.58. The maximum absolute atomic E-state index is 10.7. The molecule has 0 bridgehead atoms. The van der Waals surface area contributed by atoms with E-state index in [0.717, 1.165) is 0 Å². The highest BCUT2D eigenvalue weighted by Crippen LogP contribution is 2.32. The van der Waals surface area contributed by atoms with E-state index < -0.39 is 0 Å². The Bertz CT molecular complexity index is 144. The molecule has 0 aromatic heterocycles. The summed E-state index contributed by atoms with van der Waals surface area (Å²) in [6.45, 7) is 7.88. The van der Waals surface area contributed by atoms with Gasteiger partial charge in [-0.1, -0.05) is 29.7 Å². The van der Waals surface area contributed by atoms with Crippen molar-refractivity contribution >= 4 is 36.0 Å². The fraction of sp³-hybridized carbons (Fsp3) is 0.857. The van der Waals surface area contributed by atoms with Gasteiger partial charge in [-0.2, -0.15) is 0 Å². The van der Waals surface area contributed by atoms with Crippen molar-refractivity contribution in [2.24, 2.45) is 5.41 Å². The molecule has 11 heavy (non-hydrogen) atoms. The minimum atomic E-state index is 0.0362. The maximum atomic E-state index is 10.7. The molecule has 0 aliphatic rings. The molecule has 0 rings (SSSR count). The third kappa shape index (κ3) is 4.90. The first-order chi connectivity index (χ1) is 4.88. The standard InChI is InChI=1S/C7H14INOS/c1-5(10)9-6(11-8)7(2,3)4/h6H,1-4H3,(H,9,10)/t6-/m0/s1. The number of amides is 1. The van der Waals surface area contributed by atoms with E-state index in [2.05, 4.69) is 47.3 Å². The van der Waals surface area contributed by atoms with Crippen LogP contribution in [0.1, 0.15) is 27.7 Å². The Labute approximate surface area is 84.5 Å². The summed E-state index contributed by atoms with van der Waals surface area (Å²) in [5.41, 5.74) is 0.123. The van der Waals surface area contributed by atoms with Gasteiger partial charge < -0.3 is 5.32 Å². The molecule has 0 aromatic rings. The fourth-order valence-electron chi connectivity index (χ4n) is 0.557. The third-order valence-electron chi connectivity index (χ3n) is 1.21. The summed E-state index contributed by atoms with van der Waals surface area (Å²) in [6.07, 6.45) is 0. The highest BCUT2D eigenvalue weighted by Gasteiger charge is 2.24. The van der Waals surface area contributed by atoms with Crippen molar-refractivity contribution in [2.45, 2.75) is 33.1 Å². The SMILES string of the molecule is CC(=O)N[C@@H](SI)C(C)(C)C. The summed E-state index contributed by atoms with van der Waals surface area (Å²) in [7, 11) is 1.64. The van der Waals surface area contributed by atoms with Gasteiger partial charge in [0.15, 0.2) is 0 Å². The molecule has 0 heterocycles. The fourth-order valence-corrected chi connectivity index (χ4v) is 3.70. The molecule has 0 radical (unpaired) electrons. The second-order valence-corrected chi connectivity index (χ2v) is 5.71. The average Bonchev–Trinajstić information content (AvgIpc) is 1.79. The highest BCUT2D eigenvalue weighted by atomic mass is 127. The van der Waals surface area contributed by atoms with E-state index >= 15 is 0 Å². The second kappa shape index (κ2) is 4.54. The lowest BCUT2D eigenvalue weighted by molar-refractivity contribution is -0.119. The Balaban J connectivity index is 4.07. The lowest BCUT2D eigenvalue weighted by atomic mass is 9.96. The molecule has 4 heteroatoms. The van der Waals surface area contributed by atoms with Crippen LogP contribution in [0, 0.1) is 5.41 Å². The zero-order chi connectivity index (χ0) is 9.07. The zero-order valence-corrected chi connectivity index (χ0v) is 10.2. The van der Waals surface area contributed by atoms with Gasteiger partial charge in [0.25, 0.3) is 0 Å². The van der Waals surface area contributed by atoms with Crippen LogP contribution in [0.4, 0.5) is 0 Å². The Morgan fingerprint density at radius 1 is 1.55 bits per heavy atom. The average molecular weight is 287 g/mol. The Kier molecular flexibility index (Phi) is 4.77. The highest BCUT2D eigenvalue weighted by molar-refractivity contribution is 14.2. The summed E-state index contributed by atoms with van der Waals surface area (Å²) in [5, 5.41) is 3.08. The van der Waals surface area contributed by atoms with E-state index in [1.807, 2.05) is 0 Å². The first-order valence-corrected chi connectivity index (χ1v) is 6.84. The molecule has 0 aliphatic heterocycles. The first kappa shape index (κ1) is 11.6. The number of rotatable bonds is 2. The Hall–Kier alpha value is 0.550. The predicted molar refractivity (Wildman–Crippen MR) is 58.7 cm³/mol. The summed E-state index contributed by atoms with van der Waals surface area (Å²) in [4.78, 5) is 10.7. The lowest BCUT2D eigenvalue weighted by Gasteiger charge is -2.28. The molecule has 0 unspecified atom stereocenters. The van der Waals surface area contributed by atoms with Gasteiger partial charge >= 0.3 is 0 Å². The van der Waals surface area contributed by atoms with Crippen molar-refractivity contribution in [2.75, 3.05) is 0 Å². The number of hydrogen-bond acceptors (Lipinski definition) is 2. The molecule has 0 fully saturated rings. The van der Waals surface area contributed by atoms with Crippen molar-refractivity contribution in [3.05, 3.63) is 0 Å². The van der Waals surface area contributed by atoms with Gasteiger partial charge in [-0.15, -0.1) is 0 Å². The number of hydrogen-bond donors (Lipinski definition) is 1. The van der Waals surface area contributed by atoms with Crippen molar-refractivity contribution in [1.29, 1.82) is 0 Å². The number of carbonyl (C=O) groups is 1. The van der Waals surface area contributed by atoms with Gasteiger partial charge in [-0.05, 0) is 26.6 Å². The van der Waals surface area contributed by atoms with Crippen LogP contribution in [-0.4, -0.2) is 11.3 Å². The van der Waals surface area contributed by atoms with Crippen LogP contribution < -0.4 is 5.32 Å². The zero-order valence-electron chi connectivity index (χ0n) is 7.27. The molecule has 0 aromatic carbocycles. The Morgan fingerprint density at radius 3 is 2.09 bits per heavy atom. The second-order valence-electron chi connectivity index (χ2n) is 3.54. The molecule has 2 nitrogen and oxygen atoms in total. The molecule has 1 N–H and O–H groups in total.